The third-order valence-electron chi connectivity index (χ3n) is 4.43. The van der Waals surface area contributed by atoms with Crippen molar-refractivity contribution < 1.29 is 19.3 Å². The zero-order chi connectivity index (χ0) is 22.1. The molecule has 0 bridgehead atoms. The van der Waals surface area contributed by atoms with E-state index in [1.54, 1.807) is 12.1 Å². The maximum absolute atomic E-state index is 12.0. The van der Waals surface area contributed by atoms with Gasteiger partial charge in [-0.3, -0.25) is 24.3 Å². The lowest BCUT2D eigenvalue weighted by molar-refractivity contribution is -0.384. The van der Waals surface area contributed by atoms with Crippen molar-refractivity contribution >= 4 is 48.3 Å². The van der Waals surface area contributed by atoms with Crippen LogP contribution in [0.15, 0.2) is 46.0 Å². The number of nitro groups is 1. The standard InChI is InChI=1S/C17H16ClN4O7P.ClH/c18-12-4-2-1-3-11(12)14(30(27,28)29)8-19-7-9-5-10(22(25)26)6-13-15(9)21-17(24)16(23)20-13;/h1-6,14,19H,7-8H2,(H,20,23)(H,21,24)(H2,27,28,29);1H. The highest BCUT2D eigenvalue weighted by Gasteiger charge is 2.31. The van der Waals surface area contributed by atoms with Crippen molar-refractivity contribution in [1.29, 1.82) is 0 Å². The highest BCUT2D eigenvalue weighted by molar-refractivity contribution is 7.52. The van der Waals surface area contributed by atoms with Gasteiger partial charge in [0.15, 0.2) is 0 Å². The van der Waals surface area contributed by atoms with Gasteiger partial charge in [-0.25, -0.2) is 0 Å². The summed E-state index contributed by atoms with van der Waals surface area (Å²) in [5, 5.41) is 14.2. The van der Waals surface area contributed by atoms with Gasteiger partial charge in [-0.15, -0.1) is 12.4 Å². The van der Waals surface area contributed by atoms with E-state index >= 15 is 0 Å². The van der Waals surface area contributed by atoms with Crippen LogP contribution >= 0.6 is 31.6 Å². The Balaban J connectivity index is 0.00000341. The number of H-pyrrole nitrogens is 2. The van der Waals surface area contributed by atoms with Crippen LogP contribution in [0, 0.1) is 10.1 Å². The van der Waals surface area contributed by atoms with Gasteiger partial charge < -0.3 is 25.1 Å². The van der Waals surface area contributed by atoms with Crippen molar-refractivity contribution in [3.8, 4) is 0 Å². The van der Waals surface area contributed by atoms with Crippen LogP contribution < -0.4 is 16.4 Å². The van der Waals surface area contributed by atoms with Crippen LogP contribution in [0.2, 0.25) is 5.02 Å². The zero-order valence-electron chi connectivity index (χ0n) is 15.6. The molecule has 0 aliphatic rings. The van der Waals surface area contributed by atoms with Crippen LogP contribution in [0.5, 0.6) is 0 Å². The van der Waals surface area contributed by atoms with Crippen molar-refractivity contribution in [2.75, 3.05) is 6.54 Å². The van der Waals surface area contributed by atoms with Gasteiger partial charge in [-0.1, -0.05) is 29.8 Å². The van der Waals surface area contributed by atoms with Gasteiger partial charge in [0.1, 0.15) is 0 Å². The molecule has 166 valence electrons. The van der Waals surface area contributed by atoms with Crippen LogP contribution in [0.1, 0.15) is 16.8 Å². The summed E-state index contributed by atoms with van der Waals surface area (Å²) in [5.74, 6) is 0. The third-order valence-corrected chi connectivity index (χ3v) is 6.05. The number of nitrogens with zero attached hydrogens (tertiary/aromatic N) is 1. The Kier molecular flexibility index (Phi) is 7.77. The van der Waals surface area contributed by atoms with Crippen LogP contribution in [0.25, 0.3) is 11.0 Å². The van der Waals surface area contributed by atoms with Gasteiger partial charge in [-0.2, -0.15) is 0 Å². The molecule has 0 aliphatic carbocycles. The molecule has 0 amide bonds. The second kappa shape index (κ2) is 9.73. The molecule has 1 aromatic heterocycles. The first kappa shape index (κ1) is 24.7. The average Bonchev–Trinajstić information content (AvgIpc) is 2.66. The number of benzene rings is 2. The summed E-state index contributed by atoms with van der Waals surface area (Å²) in [5.41, 5.74) is -2.72. The fourth-order valence-electron chi connectivity index (χ4n) is 3.02. The average molecular weight is 491 g/mol. The van der Waals surface area contributed by atoms with Gasteiger partial charge in [0.25, 0.3) is 5.69 Å². The number of aromatic nitrogens is 2. The lowest BCUT2D eigenvalue weighted by Gasteiger charge is -2.20. The number of halogens is 2. The summed E-state index contributed by atoms with van der Waals surface area (Å²) in [6.45, 7) is -0.285. The van der Waals surface area contributed by atoms with Crippen LogP contribution in [-0.2, 0) is 11.1 Å². The molecule has 3 aromatic rings. The Labute approximate surface area is 185 Å². The molecule has 1 atom stereocenters. The van der Waals surface area contributed by atoms with E-state index in [2.05, 4.69) is 15.3 Å². The highest BCUT2D eigenvalue weighted by Crippen LogP contribution is 2.52. The minimum atomic E-state index is -4.59. The maximum atomic E-state index is 12.0. The van der Waals surface area contributed by atoms with Gasteiger partial charge >= 0.3 is 18.7 Å². The van der Waals surface area contributed by atoms with Crippen molar-refractivity contribution in [3.63, 3.8) is 0 Å². The predicted octanol–water partition coefficient (Wildman–Crippen LogP) is 2.21. The molecular formula is C17H17Cl2N4O7P. The molecule has 5 N–H and O–H groups in total. The zero-order valence-corrected chi connectivity index (χ0v) is 18.0. The number of hydrogen-bond donors (Lipinski definition) is 5. The van der Waals surface area contributed by atoms with Crippen LogP contribution in [-0.4, -0.2) is 31.2 Å². The number of non-ortho nitro benzene ring substituents is 1. The Morgan fingerprint density at radius 3 is 2.42 bits per heavy atom. The van der Waals surface area contributed by atoms with E-state index in [0.717, 1.165) is 6.07 Å². The molecule has 14 heteroatoms. The summed E-state index contributed by atoms with van der Waals surface area (Å²) in [6.07, 6.45) is 0. The lowest BCUT2D eigenvalue weighted by atomic mass is 10.1. The molecule has 0 spiro atoms. The Hall–Kier alpha value is -2.53. The first-order valence-electron chi connectivity index (χ1n) is 8.52. The van der Waals surface area contributed by atoms with Crippen molar-refractivity contribution in [2.45, 2.75) is 12.2 Å². The SMILES string of the molecule is Cl.O=c1[nH]c2cc([N+](=O)[O-])cc(CNCC(c3ccccc3Cl)P(=O)(O)O)c2[nH]c1=O. The molecule has 0 saturated heterocycles. The number of rotatable bonds is 7. The molecule has 1 unspecified atom stereocenters. The second-order valence-corrected chi connectivity index (χ2v) is 8.66. The summed E-state index contributed by atoms with van der Waals surface area (Å²) >= 11 is 6.07. The molecule has 2 aromatic carbocycles. The van der Waals surface area contributed by atoms with Crippen LogP contribution in [0.3, 0.4) is 0 Å². The first-order valence-corrected chi connectivity index (χ1v) is 10.6. The van der Waals surface area contributed by atoms with E-state index in [-0.39, 0.29) is 58.4 Å². The van der Waals surface area contributed by atoms with Gasteiger partial charge in [0.05, 0.1) is 21.6 Å². The summed E-state index contributed by atoms with van der Waals surface area (Å²) in [7, 11) is -4.59. The fraction of sp³-hybridized carbons (Fsp3) is 0.176. The second-order valence-electron chi connectivity index (χ2n) is 6.45. The lowest BCUT2D eigenvalue weighted by Crippen LogP contribution is -2.29. The number of fused-ring (bicyclic) bond motifs is 1. The molecule has 11 nitrogen and oxygen atoms in total. The molecule has 0 saturated carbocycles. The van der Waals surface area contributed by atoms with Crippen molar-refractivity contribution in [1.82, 2.24) is 15.3 Å². The molecule has 31 heavy (non-hydrogen) atoms. The number of nitro benzene ring substituents is 1. The van der Waals surface area contributed by atoms with E-state index in [4.69, 9.17) is 11.6 Å². The molecule has 3 rings (SSSR count). The summed E-state index contributed by atoms with van der Waals surface area (Å²) < 4.78 is 12.0. The van der Waals surface area contributed by atoms with E-state index in [0.29, 0.717) is 0 Å². The minimum Gasteiger partial charge on any atom is -0.324 e. The molecule has 1 heterocycles. The predicted molar refractivity (Wildman–Crippen MR) is 117 cm³/mol. The summed E-state index contributed by atoms with van der Waals surface area (Å²) in [6, 6.07) is 8.54. The molecule has 0 aliphatic heterocycles. The normalized spacial score (nSPS) is 12.4. The molecule has 0 radical (unpaired) electrons. The van der Waals surface area contributed by atoms with Gasteiger partial charge in [0, 0.05) is 30.2 Å². The summed E-state index contributed by atoms with van der Waals surface area (Å²) in [4.78, 5) is 57.9. The Morgan fingerprint density at radius 1 is 1.16 bits per heavy atom. The first-order chi connectivity index (χ1) is 14.1. The van der Waals surface area contributed by atoms with Crippen molar-refractivity contribution in [3.05, 3.63) is 83.4 Å². The maximum Gasteiger partial charge on any atom is 0.334 e. The molecule has 0 fully saturated rings. The number of nitrogens with one attached hydrogen (secondary N) is 3. The van der Waals surface area contributed by atoms with Crippen molar-refractivity contribution in [2.24, 2.45) is 0 Å². The fourth-order valence-corrected chi connectivity index (χ4v) is 4.32. The highest BCUT2D eigenvalue weighted by atomic mass is 35.5. The van der Waals surface area contributed by atoms with E-state index in [1.165, 1.54) is 18.2 Å². The quantitative estimate of drug-likeness (QED) is 0.144. The number of aromatic amines is 2. The number of hydrogen-bond acceptors (Lipinski definition) is 6. The smallest absolute Gasteiger partial charge is 0.324 e. The minimum absolute atomic E-state index is 0. The van der Waals surface area contributed by atoms with Crippen LogP contribution in [0.4, 0.5) is 5.69 Å². The van der Waals surface area contributed by atoms with E-state index < -0.39 is 29.3 Å². The monoisotopic (exact) mass is 490 g/mol. The topological polar surface area (TPSA) is 178 Å². The Bertz CT molecular complexity index is 1290. The van der Waals surface area contributed by atoms with E-state index in [1.807, 2.05) is 0 Å². The molecular weight excluding hydrogens is 474 g/mol. The third kappa shape index (κ3) is 5.59. The van der Waals surface area contributed by atoms with Gasteiger partial charge in [0.2, 0.25) is 0 Å². The van der Waals surface area contributed by atoms with Gasteiger partial charge in [-0.05, 0) is 17.2 Å². The Morgan fingerprint density at radius 2 is 1.81 bits per heavy atom. The van der Waals surface area contributed by atoms with E-state index in [9.17, 15) is 34.1 Å². The largest absolute Gasteiger partial charge is 0.334 e.